The Kier molecular flexibility index (Phi) is 5.99. The number of fused-ring (bicyclic) bond motifs is 1. The van der Waals surface area contributed by atoms with Crippen molar-refractivity contribution in [3.05, 3.63) is 69.9 Å². The first-order valence-electron chi connectivity index (χ1n) is 10.1. The molecule has 0 aromatic heterocycles. The van der Waals surface area contributed by atoms with Crippen LogP contribution in [-0.2, 0) is 14.4 Å². The molecule has 156 valence electrons. The molecule has 1 aliphatic carbocycles. The molecule has 2 fully saturated rings. The second kappa shape index (κ2) is 8.68. The van der Waals surface area contributed by atoms with Gasteiger partial charge in [0, 0.05) is 10.0 Å². The topological polar surface area (TPSA) is 66.5 Å². The number of rotatable bonds is 5. The van der Waals surface area contributed by atoms with E-state index < -0.39 is 17.8 Å². The third kappa shape index (κ3) is 4.03. The Morgan fingerprint density at radius 1 is 1.07 bits per heavy atom. The summed E-state index contributed by atoms with van der Waals surface area (Å²) in [6.45, 7) is -0.341. The lowest BCUT2D eigenvalue weighted by Crippen LogP contribution is -2.42. The zero-order valence-electron chi connectivity index (χ0n) is 16.3. The minimum absolute atomic E-state index is 0.258. The average molecular weight is 473 g/mol. The lowest BCUT2D eigenvalue weighted by atomic mass is 9.81. The summed E-state index contributed by atoms with van der Waals surface area (Å²) in [4.78, 5) is 39.2. The standard InChI is InChI=1S/C23H22BrFN2O3/c24-15-10-11-18(19(25)12-15)21(14-6-2-1-3-7-14)26-20(28)13-27-22(29)16-8-4-5-9-17(16)23(27)30/h1-3,6-7,10-12,16-17,21H,4-5,8-9,13H2,(H,26,28). The Hall–Kier alpha value is -2.54. The van der Waals surface area contributed by atoms with Gasteiger partial charge in [-0.15, -0.1) is 0 Å². The normalized spacial score (nSPS) is 22.0. The van der Waals surface area contributed by atoms with Crippen LogP contribution in [0, 0.1) is 17.7 Å². The van der Waals surface area contributed by atoms with Gasteiger partial charge in [0.05, 0.1) is 17.9 Å². The number of hydrogen-bond donors (Lipinski definition) is 1. The van der Waals surface area contributed by atoms with E-state index >= 15 is 0 Å². The molecule has 0 bridgehead atoms. The van der Waals surface area contributed by atoms with E-state index in [4.69, 9.17) is 0 Å². The fourth-order valence-electron chi connectivity index (χ4n) is 4.46. The predicted molar refractivity (Wildman–Crippen MR) is 113 cm³/mol. The quantitative estimate of drug-likeness (QED) is 0.669. The van der Waals surface area contributed by atoms with Crippen LogP contribution in [0.2, 0.25) is 0 Å². The van der Waals surface area contributed by atoms with Gasteiger partial charge in [0.15, 0.2) is 0 Å². The molecule has 1 N–H and O–H groups in total. The first-order chi connectivity index (χ1) is 14.5. The highest BCUT2D eigenvalue weighted by atomic mass is 79.9. The van der Waals surface area contributed by atoms with Gasteiger partial charge in [-0.25, -0.2) is 4.39 Å². The minimum Gasteiger partial charge on any atom is -0.344 e. The van der Waals surface area contributed by atoms with E-state index in [-0.39, 0.29) is 30.2 Å². The SMILES string of the molecule is O=C(CN1C(=O)C2CCCCC2C1=O)NC(c1ccccc1)c1ccc(Br)cc1F. The summed E-state index contributed by atoms with van der Waals surface area (Å²) in [5.41, 5.74) is 1.02. The number of likely N-dealkylation sites (tertiary alicyclic amines) is 1. The van der Waals surface area contributed by atoms with Crippen LogP contribution in [-0.4, -0.2) is 29.2 Å². The molecule has 0 spiro atoms. The lowest BCUT2D eigenvalue weighted by molar-refractivity contribution is -0.143. The number of halogens is 2. The van der Waals surface area contributed by atoms with Crippen LogP contribution in [0.4, 0.5) is 4.39 Å². The van der Waals surface area contributed by atoms with Crippen LogP contribution >= 0.6 is 15.9 Å². The molecule has 4 rings (SSSR count). The van der Waals surface area contributed by atoms with Crippen LogP contribution in [0.3, 0.4) is 0 Å². The molecule has 1 aliphatic heterocycles. The van der Waals surface area contributed by atoms with Crippen molar-refractivity contribution in [2.24, 2.45) is 11.8 Å². The van der Waals surface area contributed by atoms with E-state index in [0.29, 0.717) is 28.4 Å². The van der Waals surface area contributed by atoms with Crippen LogP contribution in [0.15, 0.2) is 53.0 Å². The number of nitrogens with zero attached hydrogens (tertiary/aromatic N) is 1. The van der Waals surface area contributed by atoms with Gasteiger partial charge < -0.3 is 5.32 Å². The zero-order valence-corrected chi connectivity index (χ0v) is 17.9. The highest BCUT2D eigenvalue weighted by Gasteiger charge is 2.48. The van der Waals surface area contributed by atoms with E-state index in [1.807, 2.05) is 18.2 Å². The van der Waals surface area contributed by atoms with Gasteiger partial charge in [-0.3, -0.25) is 19.3 Å². The molecule has 2 aliphatic rings. The summed E-state index contributed by atoms with van der Waals surface area (Å²) >= 11 is 3.24. The van der Waals surface area contributed by atoms with Gasteiger partial charge in [-0.2, -0.15) is 0 Å². The van der Waals surface area contributed by atoms with Crippen LogP contribution < -0.4 is 5.32 Å². The molecule has 2 aromatic rings. The van der Waals surface area contributed by atoms with Crippen LogP contribution in [0.25, 0.3) is 0 Å². The summed E-state index contributed by atoms with van der Waals surface area (Å²) in [7, 11) is 0. The zero-order chi connectivity index (χ0) is 21.3. The molecule has 3 amide bonds. The summed E-state index contributed by atoms with van der Waals surface area (Å²) in [6.07, 6.45) is 3.26. The number of nitrogens with one attached hydrogen (secondary N) is 1. The van der Waals surface area contributed by atoms with E-state index in [0.717, 1.165) is 17.7 Å². The molecule has 30 heavy (non-hydrogen) atoms. The minimum atomic E-state index is -0.734. The fourth-order valence-corrected chi connectivity index (χ4v) is 4.79. The molecule has 5 nitrogen and oxygen atoms in total. The fraction of sp³-hybridized carbons (Fsp3) is 0.348. The lowest BCUT2D eigenvalue weighted by Gasteiger charge is -2.22. The Balaban J connectivity index is 1.55. The van der Waals surface area contributed by atoms with E-state index in [2.05, 4.69) is 21.2 Å². The molecule has 3 atom stereocenters. The first kappa shape index (κ1) is 20.7. The molecular formula is C23H22BrFN2O3. The van der Waals surface area contributed by atoms with Crippen molar-refractivity contribution in [3.8, 4) is 0 Å². The summed E-state index contributed by atoms with van der Waals surface area (Å²) in [5.74, 6) is -2.07. The molecule has 1 saturated heterocycles. The predicted octanol–water partition coefficient (Wildman–Crippen LogP) is 3.97. The highest BCUT2D eigenvalue weighted by Crippen LogP contribution is 2.38. The summed E-state index contributed by atoms with van der Waals surface area (Å²) in [5, 5.41) is 2.82. The number of imide groups is 1. The van der Waals surface area contributed by atoms with Crippen molar-refractivity contribution in [2.75, 3.05) is 6.54 Å². The van der Waals surface area contributed by atoms with Gasteiger partial charge in [0.2, 0.25) is 17.7 Å². The van der Waals surface area contributed by atoms with Gasteiger partial charge in [0.1, 0.15) is 12.4 Å². The first-order valence-corrected chi connectivity index (χ1v) is 10.9. The Labute approximate surface area is 182 Å². The molecular weight excluding hydrogens is 451 g/mol. The third-order valence-electron chi connectivity index (χ3n) is 5.95. The smallest absolute Gasteiger partial charge is 0.240 e. The van der Waals surface area contributed by atoms with E-state index in [1.165, 1.54) is 6.07 Å². The number of carbonyl (C=O) groups is 3. The maximum Gasteiger partial charge on any atom is 0.240 e. The Morgan fingerprint density at radius 2 is 1.70 bits per heavy atom. The number of hydrogen-bond acceptors (Lipinski definition) is 3. The molecule has 7 heteroatoms. The van der Waals surface area contributed by atoms with Gasteiger partial charge in [-0.1, -0.05) is 65.2 Å². The monoisotopic (exact) mass is 472 g/mol. The highest BCUT2D eigenvalue weighted by molar-refractivity contribution is 9.10. The van der Waals surface area contributed by atoms with E-state index in [9.17, 15) is 18.8 Å². The van der Waals surface area contributed by atoms with Crippen molar-refractivity contribution < 1.29 is 18.8 Å². The largest absolute Gasteiger partial charge is 0.344 e. The average Bonchev–Trinajstić information content (AvgIpc) is 2.98. The van der Waals surface area contributed by atoms with Crippen LogP contribution in [0.5, 0.6) is 0 Å². The van der Waals surface area contributed by atoms with E-state index in [1.54, 1.807) is 24.3 Å². The van der Waals surface area contributed by atoms with Crippen molar-refractivity contribution in [2.45, 2.75) is 31.7 Å². The third-order valence-corrected chi connectivity index (χ3v) is 6.44. The number of benzene rings is 2. The molecule has 3 unspecified atom stereocenters. The molecule has 0 radical (unpaired) electrons. The molecule has 1 saturated carbocycles. The second-order valence-electron chi connectivity index (χ2n) is 7.84. The number of amides is 3. The molecule has 2 aromatic carbocycles. The van der Waals surface area contributed by atoms with Crippen molar-refractivity contribution in [1.29, 1.82) is 0 Å². The van der Waals surface area contributed by atoms with Gasteiger partial charge >= 0.3 is 0 Å². The van der Waals surface area contributed by atoms with Gasteiger partial charge in [0.25, 0.3) is 0 Å². The second-order valence-corrected chi connectivity index (χ2v) is 8.75. The summed E-state index contributed by atoms with van der Waals surface area (Å²) < 4.78 is 15.3. The Morgan fingerprint density at radius 3 is 2.30 bits per heavy atom. The maximum atomic E-state index is 14.7. The van der Waals surface area contributed by atoms with Crippen molar-refractivity contribution >= 4 is 33.7 Å². The van der Waals surface area contributed by atoms with Crippen LogP contribution in [0.1, 0.15) is 42.9 Å². The maximum absolute atomic E-state index is 14.7. The Bertz CT molecular complexity index is 958. The summed E-state index contributed by atoms with van der Waals surface area (Å²) in [6, 6.07) is 13.0. The number of carbonyl (C=O) groups excluding carboxylic acids is 3. The van der Waals surface area contributed by atoms with Crippen molar-refractivity contribution in [1.82, 2.24) is 10.2 Å². The van der Waals surface area contributed by atoms with Gasteiger partial charge in [-0.05, 0) is 30.5 Å². The van der Waals surface area contributed by atoms with Crippen molar-refractivity contribution in [3.63, 3.8) is 0 Å². The molecule has 1 heterocycles.